The average molecular weight is 372 g/mol. The summed E-state index contributed by atoms with van der Waals surface area (Å²) in [5.74, 6) is -0.309. The van der Waals surface area contributed by atoms with Gasteiger partial charge in [-0.1, -0.05) is 6.07 Å². The Labute approximate surface area is 155 Å². The molecule has 0 spiro atoms. The number of thiophene rings is 1. The number of ketones is 1. The van der Waals surface area contributed by atoms with E-state index in [0.29, 0.717) is 35.4 Å². The second-order valence-corrected chi connectivity index (χ2v) is 6.84. The molecule has 0 saturated heterocycles. The maximum absolute atomic E-state index is 11.9. The van der Waals surface area contributed by atoms with Gasteiger partial charge in [0.25, 0.3) is 5.56 Å². The van der Waals surface area contributed by atoms with E-state index in [1.165, 1.54) is 11.3 Å². The van der Waals surface area contributed by atoms with Crippen molar-refractivity contribution in [2.24, 2.45) is 0 Å². The molecule has 26 heavy (non-hydrogen) atoms. The number of carbonyl (C=O) groups is 2. The van der Waals surface area contributed by atoms with E-state index in [2.05, 4.69) is 4.98 Å². The summed E-state index contributed by atoms with van der Waals surface area (Å²) in [6.45, 7) is 3.65. The molecule has 0 aliphatic rings. The van der Waals surface area contributed by atoms with Crippen molar-refractivity contribution in [3.05, 3.63) is 55.1 Å². The molecule has 0 radical (unpaired) electrons. The van der Waals surface area contributed by atoms with Crippen LogP contribution in [0.15, 0.2) is 22.3 Å². The number of nitrogens with zero attached hydrogens (tertiary/aromatic N) is 1. The van der Waals surface area contributed by atoms with Crippen molar-refractivity contribution in [1.82, 2.24) is 4.98 Å². The Morgan fingerprint density at radius 2 is 2.08 bits per heavy atom. The van der Waals surface area contributed by atoms with E-state index >= 15 is 0 Å². The number of hydrogen-bond donors (Lipinski definition) is 1. The standard InChI is InChI=1S/C19H20N2O4S/c1-12-14(13(2)21-19(24)15(12)11-20)7-8-18(23)25-9-3-5-16(22)17-6-4-10-26-17/h4,6,10H,3,5,7-9H2,1-2H3,(H,21,24). The van der Waals surface area contributed by atoms with E-state index in [-0.39, 0.29) is 30.3 Å². The smallest absolute Gasteiger partial charge is 0.306 e. The number of pyridine rings is 1. The topological polar surface area (TPSA) is 100 Å². The predicted octanol–water partition coefficient (Wildman–Crippen LogP) is 3.06. The normalized spacial score (nSPS) is 10.3. The average Bonchev–Trinajstić information content (AvgIpc) is 3.13. The van der Waals surface area contributed by atoms with Crippen LogP contribution in [0.4, 0.5) is 0 Å². The molecular formula is C19H20N2O4S. The number of aryl methyl sites for hydroxylation is 1. The summed E-state index contributed by atoms with van der Waals surface area (Å²) in [6.07, 6.45) is 1.36. The quantitative estimate of drug-likeness (QED) is 0.436. The highest BCUT2D eigenvalue weighted by Crippen LogP contribution is 2.15. The third-order valence-electron chi connectivity index (χ3n) is 4.11. The fourth-order valence-electron chi connectivity index (χ4n) is 2.70. The molecule has 0 unspecified atom stereocenters. The van der Waals surface area contributed by atoms with Gasteiger partial charge in [-0.15, -0.1) is 11.3 Å². The first-order valence-corrected chi connectivity index (χ1v) is 9.16. The van der Waals surface area contributed by atoms with Crippen LogP contribution in [0.1, 0.15) is 51.3 Å². The van der Waals surface area contributed by atoms with E-state index in [4.69, 9.17) is 10.00 Å². The third kappa shape index (κ3) is 4.90. The van der Waals surface area contributed by atoms with Crippen LogP contribution in [0.3, 0.4) is 0 Å². The Kier molecular flexibility index (Phi) is 6.87. The number of rotatable bonds is 8. The van der Waals surface area contributed by atoms with E-state index in [9.17, 15) is 14.4 Å². The number of H-pyrrole nitrogens is 1. The van der Waals surface area contributed by atoms with Gasteiger partial charge in [0.05, 0.1) is 11.5 Å². The summed E-state index contributed by atoms with van der Waals surface area (Å²) in [6, 6.07) is 5.50. The summed E-state index contributed by atoms with van der Waals surface area (Å²) in [7, 11) is 0. The van der Waals surface area contributed by atoms with Crippen molar-refractivity contribution in [3.8, 4) is 6.07 Å². The van der Waals surface area contributed by atoms with Crippen LogP contribution in [0, 0.1) is 25.2 Å². The molecule has 0 aromatic carbocycles. The van der Waals surface area contributed by atoms with Gasteiger partial charge < -0.3 is 9.72 Å². The van der Waals surface area contributed by atoms with Gasteiger partial charge in [-0.3, -0.25) is 14.4 Å². The molecule has 7 heteroatoms. The van der Waals surface area contributed by atoms with Crippen LogP contribution in [-0.2, 0) is 16.0 Å². The number of Topliss-reactive ketones (excluding diaryl/α,β-unsaturated/α-hetero) is 1. The van der Waals surface area contributed by atoms with E-state index in [0.717, 1.165) is 5.56 Å². The lowest BCUT2D eigenvalue weighted by Gasteiger charge is -2.10. The monoisotopic (exact) mass is 372 g/mol. The summed E-state index contributed by atoms with van der Waals surface area (Å²) < 4.78 is 5.17. The molecule has 6 nitrogen and oxygen atoms in total. The Hall–Kier alpha value is -2.72. The summed E-state index contributed by atoms with van der Waals surface area (Å²) in [5, 5.41) is 10.9. The van der Waals surface area contributed by atoms with Gasteiger partial charge in [0.2, 0.25) is 0 Å². The number of aromatic amines is 1. The largest absolute Gasteiger partial charge is 0.466 e. The minimum atomic E-state index is -0.413. The number of aromatic nitrogens is 1. The van der Waals surface area contributed by atoms with E-state index < -0.39 is 5.56 Å². The van der Waals surface area contributed by atoms with Crippen LogP contribution < -0.4 is 5.56 Å². The zero-order chi connectivity index (χ0) is 19.1. The number of carbonyl (C=O) groups excluding carboxylic acids is 2. The van der Waals surface area contributed by atoms with Gasteiger partial charge >= 0.3 is 5.97 Å². The lowest BCUT2D eigenvalue weighted by Crippen LogP contribution is -2.17. The van der Waals surface area contributed by atoms with Crippen molar-refractivity contribution < 1.29 is 14.3 Å². The van der Waals surface area contributed by atoms with Gasteiger partial charge in [0.15, 0.2) is 5.78 Å². The van der Waals surface area contributed by atoms with Crippen molar-refractivity contribution in [2.75, 3.05) is 6.61 Å². The lowest BCUT2D eigenvalue weighted by atomic mass is 9.99. The highest BCUT2D eigenvalue weighted by Gasteiger charge is 2.14. The first-order valence-electron chi connectivity index (χ1n) is 8.28. The van der Waals surface area contributed by atoms with Gasteiger partial charge in [0.1, 0.15) is 11.6 Å². The van der Waals surface area contributed by atoms with Gasteiger partial charge in [-0.05, 0) is 49.3 Å². The molecular weight excluding hydrogens is 352 g/mol. The molecule has 2 heterocycles. The van der Waals surface area contributed by atoms with Crippen molar-refractivity contribution in [3.63, 3.8) is 0 Å². The molecule has 2 aromatic rings. The van der Waals surface area contributed by atoms with Crippen LogP contribution in [-0.4, -0.2) is 23.3 Å². The van der Waals surface area contributed by atoms with Gasteiger partial charge in [0, 0.05) is 18.5 Å². The molecule has 2 aromatic heterocycles. The minimum Gasteiger partial charge on any atom is -0.466 e. The Bertz CT molecular complexity index is 891. The second-order valence-electron chi connectivity index (χ2n) is 5.89. The number of hydrogen-bond acceptors (Lipinski definition) is 6. The summed E-state index contributed by atoms with van der Waals surface area (Å²) in [4.78, 5) is 38.8. The minimum absolute atomic E-state index is 0.0552. The maximum Gasteiger partial charge on any atom is 0.306 e. The van der Waals surface area contributed by atoms with Crippen LogP contribution >= 0.6 is 11.3 Å². The molecule has 0 aliphatic carbocycles. The van der Waals surface area contributed by atoms with Crippen LogP contribution in [0.2, 0.25) is 0 Å². The van der Waals surface area contributed by atoms with E-state index in [1.807, 2.05) is 17.5 Å². The first kappa shape index (κ1) is 19.6. The fraction of sp³-hybridized carbons (Fsp3) is 0.368. The Morgan fingerprint density at radius 3 is 2.73 bits per heavy atom. The number of esters is 1. The number of ether oxygens (including phenoxy) is 1. The SMILES string of the molecule is Cc1[nH]c(=O)c(C#N)c(C)c1CCC(=O)OCCCC(=O)c1cccs1. The Morgan fingerprint density at radius 1 is 1.31 bits per heavy atom. The first-order chi connectivity index (χ1) is 12.4. The molecule has 0 atom stereocenters. The lowest BCUT2D eigenvalue weighted by molar-refractivity contribution is -0.143. The number of nitrogens with one attached hydrogen (secondary N) is 1. The maximum atomic E-state index is 11.9. The summed E-state index contributed by atoms with van der Waals surface area (Å²) in [5.41, 5.74) is 1.70. The number of nitriles is 1. The third-order valence-corrected chi connectivity index (χ3v) is 5.02. The second kappa shape index (κ2) is 9.11. The molecule has 0 amide bonds. The van der Waals surface area contributed by atoms with Crippen molar-refractivity contribution in [1.29, 1.82) is 5.26 Å². The highest BCUT2D eigenvalue weighted by molar-refractivity contribution is 7.12. The molecule has 0 bridgehead atoms. The van der Waals surface area contributed by atoms with Crippen LogP contribution in [0.25, 0.3) is 0 Å². The molecule has 136 valence electrons. The van der Waals surface area contributed by atoms with Gasteiger partial charge in [-0.2, -0.15) is 5.26 Å². The molecule has 0 saturated carbocycles. The highest BCUT2D eigenvalue weighted by atomic mass is 32.1. The van der Waals surface area contributed by atoms with Gasteiger partial charge in [-0.25, -0.2) is 0 Å². The Balaban J connectivity index is 1.80. The van der Waals surface area contributed by atoms with Crippen LogP contribution in [0.5, 0.6) is 0 Å². The molecule has 1 N–H and O–H groups in total. The predicted molar refractivity (Wildman–Crippen MR) is 98.4 cm³/mol. The zero-order valence-electron chi connectivity index (χ0n) is 14.8. The van der Waals surface area contributed by atoms with E-state index in [1.54, 1.807) is 19.9 Å². The van der Waals surface area contributed by atoms with Crippen molar-refractivity contribution >= 4 is 23.1 Å². The molecule has 0 fully saturated rings. The molecule has 0 aliphatic heterocycles. The molecule has 2 rings (SSSR count). The van der Waals surface area contributed by atoms with Crippen molar-refractivity contribution in [2.45, 2.75) is 39.5 Å². The zero-order valence-corrected chi connectivity index (χ0v) is 15.6. The fourth-order valence-corrected chi connectivity index (χ4v) is 3.39. The summed E-state index contributed by atoms with van der Waals surface area (Å²) >= 11 is 1.40.